The van der Waals surface area contributed by atoms with Crippen LogP contribution in [0.2, 0.25) is 0 Å². The van der Waals surface area contributed by atoms with Crippen molar-refractivity contribution in [1.29, 1.82) is 0 Å². The summed E-state index contributed by atoms with van der Waals surface area (Å²) in [5.74, 6) is -0.176. The average Bonchev–Trinajstić information content (AvgIpc) is 3.10. The topological polar surface area (TPSA) is 116 Å². The molecular formula is C20H28N7O+. The normalized spacial score (nSPS) is 23.4. The number of fused-ring (bicyclic) bond motifs is 3. The SMILES string of the molecule is CC(Cc1c[nH]c2ccccc12)NC(=O)C(N)=NC(N)=[N+]1CC2CC(C1)N2C. The quantitative estimate of drug-likeness (QED) is 0.339. The van der Waals surface area contributed by atoms with Crippen molar-refractivity contribution < 1.29 is 9.37 Å². The van der Waals surface area contributed by atoms with E-state index in [4.69, 9.17) is 11.5 Å². The molecule has 3 saturated heterocycles. The molecule has 28 heavy (non-hydrogen) atoms. The van der Waals surface area contributed by atoms with Gasteiger partial charge in [-0.3, -0.25) is 20.0 Å². The lowest BCUT2D eigenvalue weighted by Gasteiger charge is -2.50. The molecule has 6 N–H and O–H groups in total. The van der Waals surface area contributed by atoms with E-state index in [0.717, 1.165) is 29.6 Å². The zero-order chi connectivity index (χ0) is 19.8. The number of piperidine rings is 1. The van der Waals surface area contributed by atoms with Gasteiger partial charge in [0.25, 0.3) is 5.84 Å². The number of amides is 1. The summed E-state index contributed by atoms with van der Waals surface area (Å²) in [6.45, 7) is 3.61. The van der Waals surface area contributed by atoms with Gasteiger partial charge in [0.05, 0.1) is 13.1 Å². The van der Waals surface area contributed by atoms with Crippen molar-refractivity contribution in [2.24, 2.45) is 16.5 Å². The number of aliphatic imine (C=N–C) groups is 1. The Bertz CT molecular complexity index is 946. The van der Waals surface area contributed by atoms with Gasteiger partial charge in [0.2, 0.25) is 0 Å². The maximum absolute atomic E-state index is 12.4. The number of H-pyrrole nitrogens is 1. The summed E-state index contributed by atoms with van der Waals surface area (Å²) in [5, 5.41) is 4.07. The molecule has 148 valence electrons. The Morgan fingerprint density at radius 3 is 2.79 bits per heavy atom. The monoisotopic (exact) mass is 382 g/mol. The number of likely N-dealkylation sites (N-methyl/N-ethyl adjacent to an activating group) is 1. The Morgan fingerprint density at radius 2 is 2.07 bits per heavy atom. The molecule has 0 spiro atoms. The van der Waals surface area contributed by atoms with Crippen LogP contribution in [0.4, 0.5) is 0 Å². The third kappa shape index (κ3) is 3.47. The van der Waals surface area contributed by atoms with Crippen LogP contribution in [0, 0.1) is 0 Å². The zero-order valence-electron chi connectivity index (χ0n) is 16.4. The van der Waals surface area contributed by atoms with E-state index in [9.17, 15) is 4.79 Å². The fraction of sp³-hybridized carbons (Fsp3) is 0.450. The van der Waals surface area contributed by atoms with Crippen LogP contribution in [-0.2, 0) is 11.2 Å². The van der Waals surface area contributed by atoms with Crippen LogP contribution in [0.15, 0.2) is 35.5 Å². The molecule has 3 unspecified atom stereocenters. The summed E-state index contributed by atoms with van der Waals surface area (Å²) in [6.07, 6.45) is 3.88. The van der Waals surface area contributed by atoms with Crippen LogP contribution in [0.25, 0.3) is 10.9 Å². The van der Waals surface area contributed by atoms with Gasteiger partial charge in [0, 0.05) is 35.2 Å². The minimum absolute atomic E-state index is 0.0852. The number of nitrogens with one attached hydrogen (secondary N) is 2. The molecule has 0 saturated carbocycles. The molecule has 1 amide bonds. The van der Waals surface area contributed by atoms with E-state index in [1.165, 1.54) is 6.42 Å². The largest absolute Gasteiger partial charge is 0.387 e. The van der Waals surface area contributed by atoms with E-state index in [-0.39, 0.29) is 11.9 Å². The molecule has 0 radical (unpaired) electrons. The van der Waals surface area contributed by atoms with Crippen molar-refractivity contribution in [3.8, 4) is 0 Å². The van der Waals surface area contributed by atoms with Gasteiger partial charge in [-0.05, 0) is 43.4 Å². The van der Waals surface area contributed by atoms with Crippen molar-refractivity contribution in [1.82, 2.24) is 15.2 Å². The van der Waals surface area contributed by atoms with Crippen molar-refractivity contribution in [2.75, 3.05) is 20.1 Å². The average molecular weight is 382 g/mol. The first-order chi connectivity index (χ1) is 13.4. The Labute approximate surface area is 164 Å². The molecule has 2 bridgehead atoms. The number of carbonyl (C=O) groups is 1. The molecular weight excluding hydrogens is 354 g/mol. The van der Waals surface area contributed by atoms with Crippen LogP contribution in [0.5, 0.6) is 0 Å². The third-order valence-electron chi connectivity index (χ3n) is 5.93. The number of piperazine rings is 1. The van der Waals surface area contributed by atoms with Crippen LogP contribution >= 0.6 is 0 Å². The van der Waals surface area contributed by atoms with Crippen molar-refractivity contribution in [3.63, 3.8) is 0 Å². The molecule has 5 rings (SSSR count). The summed E-state index contributed by atoms with van der Waals surface area (Å²) >= 11 is 0. The van der Waals surface area contributed by atoms with Gasteiger partial charge in [0.15, 0.2) is 0 Å². The minimum atomic E-state index is -0.394. The van der Waals surface area contributed by atoms with Gasteiger partial charge in [-0.1, -0.05) is 18.2 Å². The third-order valence-corrected chi connectivity index (χ3v) is 5.93. The Kier molecular flexibility index (Phi) is 4.80. The molecule has 8 heteroatoms. The first kappa shape index (κ1) is 18.5. The Morgan fingerprint density at radius 1 is 1.36 bits per heavy atom. The highest BCUT2D eigenvalue weighted by atomic mass is 16.2. The number of nitrogens with two attached hydrogens (primary N) is 2. The van der Waals surface area contributed by atoms with Crippen molar-refractivity contribution in [3.05, 3.63) is 36.0 Å². The minimum Gasteiger partial charge on any atom is -0.365 e. The van der Waals surface area contributed by atoms with Gasteiger partial charge in [-0.2, -0.15) is 0 Å². The fourth-order valence-electron chi connectivity index (χ4n) is 4.21. The first-order valence-corrected chi connectivity index (χ1v) is 9.71. The standard InChI is InChI=1S/C20H27N7O/c1-12(7-13-9-23-17-6-4-3-5-16(13)17)24-19(28)18(21)25-20(22)27-10-14-8-15(11-27)26(14)2/h3-6,9,12,14-15,23H,7-8,10-11H2,1-2H3,(H4,21,22,24,25,28)/p+1. The van der Waals surface area contributed by atoms with E-state index >= 15 is 0 Å². The number of hydrogen-bond donors (Lipinski definition) is 4. The second-order valence-electron chi connectivity index (χ2n) is 7.91. The molecule has 3 aliphatic heterocycles. The predicted octanol–water partition coefficient (Wildman–Crippen LogP) is -0.0142. The molecule has 0 aliphatic carbocycles. The van der Waals surface area contributed by atoms with Gasteiger partial charge < -0.3 is 16.0 Å². The predicted molar refractivity (Wildman–Crippen MR) is 110 cm³/mol. The van der Waals surface area contributed by atoms with Crippen LogP contribution in [0.3, 0.4) is 0 Å². The summed E-state index contributed by atoms with van der Waals surface area (Å²) in [4.78, 5) is 22.2. The number of rotatable bonds is 3. The molecule has 4 heterocycles. The lowest BCUT2D eigenvalue weighted by molar-refractivity contribution is -0.572. The van der Waals surface area contributed by atoms with Gasteiger partial charge in [-0.25, -0.2) is 0 Å². The van der Waals surface area contributed by atoms with Crippen LogP contribution in [0.1, 0.15) is 18.9 Å². The number of carbonyl (C=O) groups excluding carboxylic acids is 1. The Balaban J connectivity index is 1.38. The second-order valence-corrected chi connectivity index (χ2v) is 7.91. The highest BCUT2D eigenvalue weighted by molar-refractivity contribution is 6.38. The number of para-hydroxylation sites is 1. The highest BCUT2D eigenvalue weighted by Crippen LogP contribution is 2.28. The summed E-state index contributed by atoms with van der Waals surface area (Å²) in [5.41, 5.74) is 14.2. The smallest absolute Gasteiger partial charge is 0.365 e. The van der Waals surface area contributed by atoms with Gasteiger partial charge >= 0.3 is 11.9 Å². The highest BCUT2D eigenvalue weighted by Gasteiger charge is 2.43. The molecule has 1 aromatic carbocycles. The number of benzene rings is 1. The number of guanidine groups is 1. The first-order valence-electron chi connectivity index (χ1n) is 9.71. The molecule has 3 aliphatic rings. The van der Waals surface area contributed by atoms with Crippen LogP contribution < -0.4 is 16.8 Å². The molecule has 8 nitrogen and oxygen atoms in total. The lowest BCUT2D eigenvalue weighted by Crippen LogP contribution is -2.66. The summed E-state index contributed by atoms with van der Waals surface area (Å²) in [7, 11) is 2.13. The van der Waals surface area contributed by atoms with Crippen molar-refractivity contribution in [2.45, 2.75) is 37.9 Å². The number of amidine groups is 1. The number of nitrogens with zero attached hydrogens (tertiary/aromatic N) is 3. The van der Waals surface area contributed by atoms with Crippen molar-refractivity contribution >= 4 is 28.6 Å². The number of aromatic amines is 1. The van der Waals surface area contributed by atoms with E-state index < -0.39 is 5.91 Å². The Hall–Kier alpha value is -2.87. The van der Waals surface area contributed by atoms with E-state index in [0.29, 0.717) is 24.5 Å². The van der Waals surface area contributed by atoms with E-state index in [1.54, 1.807) is 0 Å². The van der Waals surface area contributed by atoms with Crippen LogP contribution in [-0.4, -0.2) is 70.4 Å². The van der Waals surface area contributed by atoms with E-state index in [2.05, 4.69) is 33.3 Å². The second kappa shape index (κ2) is 7.27. The maximum Gasteiger partial charge on any atom is 0.387 e. The molecule has 3 atom stereocenters. The lowest BCUT2D eigenvalue weighted by atomic mass is 9.89. The molecule has 2 aromatic rings. The fourth-order valence-corrected chi connectivity index (χ4v) is 4.21. The molecule has 3 fully saturated rings. The molecule has 1 aromatic heterocycles. The zero-order valence-corrected chi connectivity index (χ0v) is 16.4. The van der Waals surface area contributed by atoms with E-state index in [1.807, 2.05) is 35.9 Å². The summed E-state index contributed by atoms with van der Waals surface area (Å²) < 4.78 is 2.01. The van der Waals surface area contributed by atoms with Gasteiger partial charge in [0.1, 0.15) is 0 Å². The number of aromatic nitrogens is 1. The maximum atomic E-state index is 12.4. The number of hydrogen-bond acceptors (Lipinski definition) is 2. The summed E-state index contributed by atoms with van der Waals surface area (Å²) in [6, 6.07) is 9.05. The van der Waals surface area contributed by atoms with Gasteiger partial charge in [-0.15, -0.1) is 0 Å².